The first-order valence-electron chi connectivity index (χ1n) is 5.37. The van der Waals surface area contributed by atoms with Crippen LogP contribution in [0.25, 0.3) is 11.3 Å². The number of nitrogens with two attached hydrogens (primary N) is 1. The number of nitrogens with zero attached hydrogens (tertiary/aromatic N) is 2. The Morgan fingerprint density at radius 2 is 2.17 bits per heavy atom. The number of aromatic amines is 1. The number of hydrogen-bond acceptors (Lipinski definition) is 5. The first-order chi connectivity index (χ1) is 8.69. The zero-order valence-corrected chi connectivity index (χ0v) is 9.60. The van der Waals surface area contributed by atoms with Crippen LogP contribution in [0.15, 0.2) is 18.2 Å². The second kappa shape index (κ2) is 3.75. The molecule has 0 fully saturated rings. The fraction of sp³-hybridized carbons (Fsp3) is 0.167. The molecule has 6 heteroatoms. The second-order valence-corrected chi connectivity index (χ2v) is 3.95. The number of hydrogen-bond donors (Lipinski definition) is 2. The summed E-state index contributed by atoms with van der Waals surface area (Å²) in [5.41, 5.74) is 8.16. The molecule has 1 aromatic carbocycles. The summed E-state index contributed by atoms with van der Waals surface area (Å²) >= 11 is 0. The molecule has 0 saturated heterocycles. The Hall–Kier alpha value is -2.52. The predicted molar refractivity (Wildman–Crippen MR) is 62.7 cm³/mol. The van der Waals surface area contributed by atoms with Crippen molar-refractivity contribution in [2.24, 2.45) is 5.73 Å². The minimum atomic E-state index is -0.772. The number of nitriles is 1. The van der Waals surface area contributed by atoms with E-state index in [1.54, 1.807) is 19.1 Å². The molecule has 18 heavy (non-hydrogen) atoms. The van der Waals surface area contributed by atoms with Gasteiger partial charge in [0.1, 0.15) is 17.3 Å². The molecule has 6 nitrogen and oxygen atoms in total. The van der Waals surface area contributed by atoms with Crippen LogP contribution in [0.1, 0.15) is 11.3 Å². The third-order valence-electron chi connectivity index (χ3n) is 2.76. The fourth-order valence-electron chi connectivity index (χ4n) is 1.89. The number of benzene rings is 1. The summed E-state index contributed by atoms with van der Waals surface area (Å²) < 4.78 is 10.5. The quantitative estimate of drug-likeness (QED) is 0.784. The van der Waals surface area contributed by atoms with Crippen LogP contribution in [-0.2, 0) is 0 Å². The largest absolute Gasteiger partial charge is 0.438 e. The van der Waals surface area contributed by atoms with Crippen LogP contribution in [0.2, 0.25) is 0 Å². The van der Waals surface area contributed by atoms with E-state index in [9.17, 15) is 0 Å². The lowest BCUT2D eigenvalue weighted by molar-refractivity contribution is 0.0562. The van der Waals surface area contributed by atoms with Gasteiger partial charge in [-0.1, -0.05) is 0 Å². The van der Waals surface area contributed by atoms with Crippen LogP contribution in [0.5, 0.6) is 11.5 Å². The molecular formula is C12H10N4O2. The van der Waals surface area contributed by atoms with Crippen LogP contribution in [-0.4, -0.2) is 16.6 Å². The lowest BCUT2D eigenvalue weighted by atomic mass is 10.1. The lowest BCUT2D eigenvalue weighted by Crippen LogP contribution is -2.28. The van der Waals surface area contributed by atoms with Gasteiger partial charge in [-0.2, -0.15) is 10.4 Å². The molecule has 0 aliphatic carbocycles. The van der Waals surface area contributed by atoms with Crippen LogP contribution in [0.3, 0.4) is 0 Å². The average molecular weight is 242 g/mol. The number of ether oxygens (including phenoxy) is 2. The first kappa shape index (κ1) is 10.6. The Labute approximate surface area is 103 Å². The van der Waals surface area contributed by atoms with Crippen LogP contribution < -0.4 is 15.2 Å². The number of aromatic nitrogens is 2. The van der Waals surface area contributed by atoms with Gasteiger partial charge >= 0.3 is 0 Å². The molecule has 90 valence electrons. The Balaban J connectivity index is 2.09. The molecule has 1 aromatic heterocycles. The van der Waals surface area contributed by atoms with E-state index >= 15 is 0 Å². The molecule has 3 rings (SSSR count). The van der Waals surface area contributed by atoms with Gasteiger partial charge in [-0.15, -0.1) is 0 Å². The molecule has 0 radical (unpaired) electrons. The maximum Gasteiger partial charge on any atom is 0.300 e. The summed E-state index contributed by atoms with van der Waals surface area (Å²) in [5, 5.41) is 16.0. The Morgan fingerprint density at radius 1 is 1.39 bits per heavy atom. The standard InChI is InChI=1S/C12H10N4O2/c1-6-8(5-13)11(16-15-6)7-2-3-9-10(4-7)18-12(14)17-9/h2-4,12H,14H2,1H3,(H,15,16). The van der Waals surface area contributed by atoms with Crippen molar-refractivity contribution in [1.29, 1.82) is 5.26 Å². The molecule has 0 bridgehead atoms. The fourth-order valence-corrected chi connectivity index (χ4v) is 1.89. The van der Waals surface area contributed by atoms with Crippen molar-refractivity contribution < 1.29 is 9.47 Å². The van der Waals surface area contributed by atoms with Crippen molar-refractivity contribution in [2.45, 2.75) is 13.3 Å². The first-order valence-corrected chi connectivity index (χ1v) is 5.37. The van der Waals surface area contributed by atoms with E-state index in [0.29, 0.717) is 22.8 Å². The molecule has 2 aromatic rings. The molecule has 1 unspecified atom stereocenters. The monoisotopic (exact) mass is 242 g/mol. The van der Waals surface area contributed by atoms with Crippen molar-refractivity contribution >= 4 is 0 Å². The maximum atomic E-state index is 9.10. The van der Waals surface area contributed by atoms with E-state index in [1.807, 2.05) is 6.07 Å². The van der Waals surface area contributed by atoms with Crippen molar-refractivity contribution in [3.8, 4) is 28.8 Å². The molecular weight excluding hydrogens is 232 g/mol. The van der Waals surface area contributed by atoms with Gasteiger partial charge in [0.25, 0.3) is 6.41 Å². The van der Waals surface area contributed by atoms with Gasteiger partial charge in [0.05, 0.1) is 5.69 Å². The Bertz CT molecular complexity index is 657. The zero-order chi connectivity index (χ0) is 12.7. The molecule has 0 spiro atoms. The van der Waals surface area contributed by atoms with Gasteiger partial charge < -0.3 is 9.47 Å². The van der Waals surface area contributed by atoms with Crippen molar-refractivity contribution in [3.05, 3.63) is 29.5 Å². The summed E-state index contributed by atoms with van der Waals surface area (Å²) in [6.45, 7) is 1.80. The summed E-state index contributed by atoms with van der Waals surface area (Å²) in [4.78, 5) is 0. The number of rotatable bonds is 1. The smallest absolute Gasteiger partial charge is 0.300 e. The zero-order valence-electron chi connectivity index (χ0n) is 9.60. The number of fused-ring (bicyclic) bond motifs is 1. The number of nitrogens with one attached hydrogen (secondary N) is 1. The normalized spacial score (nSPS) is 16.6. The van der Waals surface area contributed by atoms with Crippen LogP contribution in [0.4, 0.5) is 0 Å². The van der Waals surface area contributed by atoms with E-state index in [-0.39, 0.29) is 0 Å². The van der Waals surface area contributed by atoms with Gasteiger partial charge in [0.2, 0.25) is 0 Å². The molecule has 1 aliphatic heterocycles. The molecule has 1 atom stereocenters. The number of aryl methyl sites for hydroxylation is 1. The highest BCUT2D eigenvalue weighted by molar-refractivity contribution is 5.70. The van der Waals surface area contributed by atoms with E-state index in [0.717, 1.165) is 11.3 Å². The third kappa shape index (κ3) is 1.49. The van der Waals surface area contributed by atoms with Crippen molar-refractivity contribution in [2.75, 3.05) is 0 Å². The SMILES string of the molecule is Cc1[nH]nc(-c2ccc3c(c2)OC(N)O3)c1C#N. The molecule has 0 amide bonds. The predicted octanol–water partition coefficient (Wildman–Crippen LogP) is 1.27. The van der Waals surface area contributed by atoms with Gasteiger partial charge in [0, 0.05) is 5.56 Å². The van der Waals surface area contributed by atoms with Crippen molar-refractivity contribution in [3.63, 3.8) is 0 Å². The summed E-state index contributed by atoms with van der Waals surface area (Å²) in [7, 11) is 0. The molecule has 0 saturated carbocycles. The van der Waals surface area contributed by atoms with Crippen molar-refractivity contribution in [1.82, 2.24) is 10.2 Å². The molecule has 3 N–H and O–H groups in total. The Morgan fingerprint density at radius 3 is 2.94 bits per heavy atom. The second-order valence-electron chi connectivity index (χ2n) is 3.95. The minimum Gasteiger partial charge on any atom is -0.438 e. The minimum absolute atomic E-state index is 0.526. The number of H-pyrrole nitrogens is 1. The van der Waals surface area contributed by atoms with E-state index in [2.05, 4.69) is 16.3 Å². The third-order valence-corrected chi connectivity index (χ3v) is 2.76. The average Bonchev–Trinajstić information content (AvgIpc) is 2.89. The van der Waals surface area contributed by atoms with Crippen LogP contribution in [0, 0.1) is 18.3 Å². The van der Waals surface area contributed by atoms with E-state index in [4.69, 9.17) is 20.5 Å². The summed E-state index contributed by atoms with van der Waals surface area (Å²) in [6.07, 6.45) is -0.772. The van der Waals surface area contributed by atoms with E-state index < -0.39 is 6.41 Å². The van der Waals surface area contributed by atoms with Gasteiger partial charge in [0.15, 0.2) is 11.5 Å². The topological polar surface area (TPSA) is 96.9 Å². The highest BCUT2D eigenvalue weighted by Gasteiger charge is 2.22. The lowest BCUT2D eigenvalue weighted by Gasteiger charge is -2.00. The Kier molecular flexibility index (Phi) is 2.21. The maximum absolute atomic E-state index is 9.10. The van der Waals surface area contributed by atoms with Crippen LogP contribution >= 0.6 is 0 Å². The van der Waals surface area contributed by atoms with Gasteiger partial charge in [-0.3, -0.25) is 10.8 Å². The van der Waals surface area contributed by atoms with Gasteiger partial charge in [-0.25, -0.2) is 0 Å². The highest BCUT2D eigenvalue weighted by Crippen LogP contribution is 2.37. The summed E-state index contributed by atoms with van der Waals surface area (Å²) in [6, 6.07) is 7.46. The summed E-state index contributed by atoms with van der Waals surface area (Å²) in [5.74, 6) is 1.15. The highest BCUT2D eigenvalue weighted by atomic mass is 16.7. The molecule has 1 aliphatic rings. The van der Waals surface area contributed by atoms with E-state index in [1.165, 1.54) is 0 Å². The molecule has 2 heterocycles. The van der Waals surface area contributed by atoms with Gasteiger partial charge in [-0.05, 0) is 25.1 Å².